The molecule has 0 aliphatic rings. The SMILES string of the molecule is CCN(C)Cc1cnn(-c2ccc(-c3ccc(F)cc3)c(F)c2)c1-c1ccco1. The van der Waals surface area contributed by atoms with E-state index in [0.717, 1.165) is 17.8 Å². The molecule has 0 fully saturated rings. The van der Waals surface area contributed by atoms with Crippen LogP contribution < -0.4 is 0 Å². The van der Waals surface area contributed by atoms with E-state index in [2.05, 4.69) is 16.9 Å². The second-order valence-electron chi connectivity index (χ2n) is 6.91. The predicted molar refractivity (Wildman–Crippen MR) is 109 cm³/mol. The van der Waals surface area contributed by atoms with Crippen LogP contribution in [0.1, 0.15) is 12.5 Å². The number of hydrogen-bond donors (Lipinski definition) is 0. The zero-order chi connectivity index (χ0) is 20.4. The molecule has 29 heavy (non-hydrogen) atoms. The van der Waals surface area contributed by atoms with Crippen molar-refractivity contribution in [3.05, 3.63) is 84.3 Å². The van der Waals surface area contributed by atoms with Crippen molar-refractivity contribution in [2.75, 3.05) is 13.6 Å². The first-order chi connectivity index (χ1) is 14.1. The van der Waals surface area contributed by atoms with Crippen molar-refractivity contribution in [2.45, 2.75) is 13.5 Å². The summed E-state index contributed by atoms with van der Waals surface area (Å²) < 4.78 is 35.4. The molecule has 0 amide bonds. The molecule has 148 valence electrons. The monoisotopic (exact) mass is 393 g/mol. The van der Waals surface area contributed by atoms with Crippen molar-refractivity contribution in [2.24, 2.45) is 0 Å². The highest BCUT2D eigenvalue weighted by Gasteiger charge is 2.18. The van der Waals surface area contributed by atoms with E-state index in [1.165, 1.54) is 18.2 Å². The lowest BCUT2D eigenvalue weighted by atomic mass is 10.0. The Morgan fingerprint density at radius 1 is 1.07 bits per heavy atom. The van der Waals surface area contributed by atoms with E-state index in [4.69, 9.17) is 4.42 Å². The lowest BCUT2D eigenvalue weighted by Crippen LogP contribution is -2.17. The van der Waals surface area contributed by atoms with E-state index in [9.17, 15) is 8.78 Å². The highest BCUT2D eigenvalue weighted by molar-refractivity contribution is 5.67. The minimum absolute atomic E-state index is 0.352. The van der Waals surface area contributed by atoms with Gasteiger partial charge in [-0.2, -0.15) is 5.10 Å². The Balaban J connectivity index is 1.77. The second kappa shape index (κ2) is 8.01. The molecular formula is C23H21F2N3O. The van der Waals surface area contributed by atoms with Crippen LogP contribution in [0.15, 0.2) is 71.5 Å². The Kier molecular flexibility index (Phi) is 5.27. The molecule has 4 aromatic rings. The van der Waals surface area contributed by atoms with Gasteiger partial charge in [-0.25, -0.2) is 13.5 Å². The summed E-state index contributed by atoms with van der Waals surface area (Å²) in [4.78, 5) is 2.16. The highest BCUT2D eigenvalue weighted by atomic mass is 19.1. The summed E-state index contributed by atoms with van der Waals surface area (Å²) in [6, 6.07) is 14.4. The van der Waals surface area contributed by atoms with Gasteiger partial charge in [-0.3, -0.25) is 0 Å². The summed E-state index contributed by atoms with van der Waals surface area (Å²) >= 11 is 0. The predicted octanol–water partition coefficient (Wildman–Crippen LogP) is 5.53. The molecule has 4 nitrogen and oxygen atoms in total. The third-order valence-electron chi connectivity index (χ3n) is 4.93. The second-order valence-corrected chi connectivity index (χ2v) is 6.91. The molecule has 0 unspecified atom stereocenters. The third kappa shape index (κ3) is 3.84. The molecule has 0 aliphatic heterocycles. The Morgan fingerprint density at radius 3 is 2.52 bits per heavy atom. The molecule has 2 heterocycles. The lowest BCUT2D eigenvalue weighted by Gasteiger charge is -2.14. The van der Waals surface area contributed by atoms with Gasteiger partial charge < -0.3 is 9.32 Å². The average molecular weight is 393 g/mol. The Hall–Kier alpha value is -3.25. The van der Waals surface area contributed by atoms with Gasteiger partial charge in [-0.05, 0) is 55.6 Å². The highest BCUT2D eigenvalue weighted by Crippen LogP contribution is 2.30. The van der Waals surface area contributed by atoms with Gasteiger partial charge in [0.25, 0.3) is 0 Å². The Labute approximate surface area is 168 Å². The van der Waals surface area contributed by atoms with E-state index in [0.29, 0.717) is 29.1 Å². The van der Waals surface area contributed by atoms with Crippen molar-refractivity contribution in [3.8, 4) is 28.3 Å². The number of halogens is 2. The average Bonchev–Trinajstić information content (AvgIpc) is 3.38. The number of rotatable bonds is 6. The van der Waals surface area contributed by atoms with Gasteiger partial charge in [-0.1, -0.05) is 19.1 Å². The first-order valence-corrected chi connectivity index (χ1v) is 9.42. The van der Waals surface area contributed by atoms with Crippen LogP contribution in [0.5, 0.6) is 0 Å². The molecule has 0 N–H and O–H groups in total. The van der Waals surface area contributed by atoms with Crippen LogP contribution in [0.4, 0.5) is 8.78 Å². The van der Waals surface area contributed by atoms with E-state index >= 15 is 0 Å². The first-order valence-electron chi connectivity index (χ1n) is 9.42. The van der Waals surface area contributed by atoms with Crippen molar-refractivity contribution < 1.29 is 13.2 Å². The van der Waals surface area contributed by atoms with Gasteiger partial charge in [0, 0.05) is 23.7 Å². The standard InChI is InChI=1S/C23H21F2N3O/c1-3-27(2)15-17-14-26-28(23(17)22-5-4-12-29-22)19-10-11-20(21(25)13-19)16-6-8-18(24)9-7-16/h4-14H,3,15H2,1-2H3. The maximum absolute atomic E-state index is 14.9. The molecule has 0 aliphatic carbocycles. The molecule has 4 rings (SSSR count). The van der Waals surface area contributed by atoms with Crippen LogP contribution in [0.2, 0.25) is 0 Å². The van der Waals surface area contributed by atoms with Crippen LogP contribution in [0.3, 0.4) is 0 Å². The number of benzene rings is 2. The zero-order valence-corrected chi connectivity index (χ0v) is 16.3. The summed E-state index contributed by atoms with van der Waals surface area (Å²) in [7, 11) is 2.03. The fourth-order valence-corrected chi connectivity index (χ4v) is 3.27. The van der Waals surface area contributed by atoms with Crippen LogP contribution in [-0.2, 0) is 6.54 Å². The van der Waals surface area contributed by atoms with Crippen molar-refractivity contribution >= 4 is 0 Å². The topological polar surface area (TPSA) is 34.2 Å². The summed E-state index contributed by atoms with van der Waals surface area (Å²) in [5.74, 6) is -0.0813. The Bertz CT molecular complexity index is 1100. The molecule has 0 bridgehead atoms. The maximum atomic E-state index is 14.9. The zero-order valence-electron chi connectivity index (χ0n) is 16.3. The smallest absolute Gasteiger partial charge is 0.152 e. The molecule has 0 spiro atoms. The first kappa shape index (κ1) is 19.1. The van der Waals surface area contributed by atoms with E-state index in [1.54, 1.807) is 41.4 Å². The van der Waals surface area contributed by atoms with Gasteiger partial charge in [0.2, 0.25) is 0 Å². The van der Waals surface area contributed by atoms with E-state index in [-0.39, 0.29) is 5.82 Å². The van der Waals surface area contributed by atoms with Gasteiger partial charge in [0.15, 0.2) is 5.76 Å². The van der Waals surface area contributed by atoms with E-state index < -0.39 is 5.82 Å². The van der Waals surface area contributed by atoms with Gasteiger partial charge >= 0.3 is 0 Å². The van der Waals surface area contributed by atoms with Gasteiger partial charge in [0.05, 0.1) is 18.1 Å². The summed E-state index contributed by atoms with van der Waals surface area (Å²) in [5, 5.41) is 4.50. The quantitative estimate of drug-likeness (QED) is 0.432. The van der Waals surface area contributed by atoms with Crippen LogP contribution >= 0.6 is 0 Å². The molecule has 0 saturated carbocycles. The van der Waals surface area contributed by atoms with Crippen LogP contribution in [0, 0.1) is 11.6 Å². The Morgan fingerprint density at radius 2 is 1.86 bits per heavy atom. The fourth-order valence-electron chi connectivity index (χ4n) is 3.27. The summed E-state index contributed by atoms with van der Waals surface area (Å²) in [6.07, 6.45) is 3.40. The largest absolute Gasteiger partial charge is 0.463 e. The normalized spacial score (nSPS) is 11.3. The molecule has 0 atom stereocenters. The number of hydrogen-bond acceptors (Lipinski definition) is 3. The summed E-state index contributed by atoms with van der Waals surface area (Å²) in [5.41, 5.74) is 3.40. The minimum atomic E-state index is -0.401. The molecule has 2 aromatic carbocycles. The molecule has 2 aromatic heterocycles. The van der Waals surface area contributed by atoms with Crippen molar-refractivity contribution in [1.29, 1.82) is 0 Å². The van der Waals surface area contributed by atoms with Gasteiger partial charge in [-0.15, -0.1) is 0 Å². The number of aromatic nitrogens is 2. The number of furan rings is 1. The minimum Gasteiger partial charge on any atom is -0.463 e. The van der Waals surface area contributed by atoms with Crippen LogP contribution in [-0.4, -0.2) is 28.3 Å². The van der Waals surface area contributed by atoms with Crippen LogP contribution in [0.25, 0.3) is 28.3 Å². The number of nitrogens with zero attached hydrogens (tertiary/aromatic N) is 3. The van der Waals surface area contributed by atoms with Gasteiger partial charge in [0.1, 0.15) is 17.3 Å². The maximum Gasteiger partial charge on any atom is 0.152 e. The molecule has 0 radical (unpaired) electrons. The lowest BCUT2D eigenvalue weighted by molar-refractivity contribution is 0.346. The molecule has 0 saturated heterocycles. The molecular weight excluding hydrogens is 372 g/mol. The fraction of sp³-hybridized carbons (Fsp3) is 0.174. The van der Waals surface area contributed by atoms with Crippen molar-refractivity contribution in [3.63, 3.8) is 0 Å². The summed E-state index contributed by atoms with van der Waals surface area (Å²) in [6.45, 7) is 3.67. The van der Waals surface area contributed by atoms with E-state index in [1.807, 2.05) is 19.2 Å². The third-order valence-corrected chi connectivity index (χ3v) is 4.93. The molecule has 6 heteroatoms. The van der Waals surface area contributed by atoms with Crippen molar-refractivity contribution in [1.82, 2.24) is 14.7 Å².